The first-order valence-corrected chi connectivity index (χ1v) is 8.39. The Kier molecular flexibility index (Phi) is 5.44. The molecule has 27 heavy (non-hydrogen) atoms. The predicted octanol–water partition coefficient (Wildman–Crippen LogP) is 3.71. The first-order chi connectivity index (χ1) is 13.0. The molecule has 3 rings (SSSR count). The van der Waals surface area contributed by atoms with Crippen molar-refractivity contribution >= 4 is 5.97 Å². The molecular formula is C19H20N2O6. The third-order valence-electron chi connectivity index (χ3n) is 3.76. The summed E-state index contributed by atoms with van der Waals surface area (Å²) < 4.78 is 26.9. The van der Waals surface area contributed by atoms with Gasteiger partial charge in [-0.25, -0.2) is 4.79 Å². The minimum Gasteiger partial charge on any atom is -0.493 e. The van der Waals surface area contributed by atoms with Crippen LogP contribution in [0.5, 0.6) is 11.5 Å². The topological polar surface area (TPSA) is 96.8 Å². The summed E-state index contributed by atoms with van der Waals surface area (Å²) in [5.74, 6) is 2.42. The molecule has 3 aromatic rings. The molecule has 0 saturated carbocycles. The molecule has 0 saturated heterocycles. The van der Waals surface area contributed by atoms with E-state index in [-0.39, 0.29) is 12.5 Å². The number of aromatic nitrogens is 2. The number of aryl methyl sites for hydroxylation is 2. The van der Waals surface area contributed by atoms with Crippen LogP contribution < -0.4 is 9.47 Å². The molecular weight excluding hydrogens is 352 g/mol. The first-order valence-electron chi connectivity index (χ1n) is 8.39. The highest BCUT2D eigenvalue weighted by Gasteiger charge is 2.17. The zero-order valence-electron chi connectivity index (χ0n) is 15.6. The number of methoxy groups -OCH3 is 1. The van der Waals surface area contributed by atoms with Crippen molar-refractivity contribution < 1.29 is 27.8 Å². The molecule has 2 heterocycles. The number of nitrogens with zero attached hydrogens (tertiary/aromatic N) is 2. The Morgan fingerprint density at radius 2 is 1.93 bits per heavy atom. The van der Waals surface area contributed by atoms with Crippen LogP contribution in [0.25, 0.3) is 11.5 Å². The van der Waals surface area contributed by atoms with Gasteiger partial charge < -0.3 is 23.0 Å². The summed E-state index contributed by atoms with van der Waals surface area (Å²) in [6.07, 6.45) is 0. The van der Waals surface area contributed by atoms with E-state index in [1.165, 1.54) is 7.11 Å². The summed E-state index contributed by atoms with van der Waals surface area (Å²) in [5.41, 5.74) is 1.05. The van der Waals surface area contributed by atoms with E-state index in [4.69, 9.17) is 23.0 Å². The lowest BCUT2D eigenvalue weighted by molar-refractivity contribution is 0.0438. The maximum Gasteiger partial charge on any atom is 0.338 e. The quantitative estimate of drug-likeness (QED) is 0.579. The van der Waals surface area contributed by atoms with E-state index in [9.17, 15) is 4.79 Å². The second-order valence-corrected chi connectivity index (χ2v) is 5.70. The molecule has 0 fully saturated rings. The van der Waals surface area contributed by atoms with Gasteiger partial charge in [0.2, 0.25) is 0 Å². The summed E-state index contributed by atoms with van der Waals surface area (Å²) in [5, 5.41) is 7.87. The lowest BCUT2D eigenvalue weighted by Crippen LogP contribution is -2.06. The molecule has 0 amide bonds. The average molecular weight is 372 g/mol. The van der Waals surface area contributed by atoms with E-state index in [1.54, 1.807) is 18.2 Å². The Balaban J connectivity index is 1.67. The smallest absolute Gasteiger partial charge is 0.338 e. The van der Waals surface area contributed by atoms with Crippen molar-refractivity contribution in [2.24, 2.45) is 0 Å². The van der Waals surface area contributed by atoms with Crippen molar-refractivity contribution in [3.05, 3.63) is 47.2 Å². The molecule has 0 atom stereocenters. The van der Waals surface area contributed by atoms with Crippen molar-refractivity contribution in [2.75, 3.05) is 13.7 Å². The number of rotatable bonds is 7. The Hall–Kier alpha value is -3.29. The van der Waals surface area contributed by atoms with E-state index in [0.29, 0.717) is 40.9 Å². The zero-order chi connectivity index (χ0) is 19.4. The molecule has 8 nitrogen and oxygen atoms in total. The van der Waals surface area contributed by atoms with Crippen molar-refractivity contribution in [1.82, 2.24) is 10.2 Å². The van der Waals surface area contributed by atoms with Crippen LogP contribution in [-0.4, -0.2) is 29.9 Å². The number of ether oxygens (including phenoxy) is 3. The van der Waals surface area contributed by atoms with E-state index in [1.807, 2.05) is 26.8 Å². The fourth-order valence-electron chi connectivity index (χ4n) is 2.54. The number of hydrogen-bond acceptors (Lipinski definition) is 8. The van der Waals surface area contributed by atoms with Gasteiger partial charge in [-0.05, 0) is 45.0 Å². The third kappa shape index (κ3) is 4.11. The van der Waals surface area contributed by atoms with Crippen LogP contribution in [0, 0.1) is 13.8 Å². The van der Waals surface area contributed by atoms with E-state index in [0.717, 1.165) is 5.76 Å². The average Bonchev–Trinajstić information content (AvgIpc) is 3.26. The minimum atomic E-state index is -0.536. The minimum absolute atomic E-state index is 0.142. The van der Waals surface area contributed by atoms with Crippen LogP contribution in [0.3, 0.4) is 0 Å². The molecule has 0 spiro atoms. The fraction of sp³-hybridized carbons (Fsp3) is 0.316. The van der Waals surface area contributed by atoms with E-state index >= 15 is 0 Å². The number of furan rings is 1. The summed E-state index contributed by atoms with van der Waals surface area (Å²) in [4.78, 5) is 12.3. The van der Waals surface area contributed by atoms with Gasteiger partial charge in [0.05, 0.1) is 24.8 Å². The Morgan fingerprint density at radius 3 is 2.59 bits per heavy atom. The van der Waals surface area contributed by atoms with Gasteiger partial charge in [0, 0.05) is 0 Å². The van der Waals surface area contributed by atoms with Crippen LogP contribution >= 0.6 is 0 Å². The number of carbonyl (C=O) groups is 1. The van der Waals surface area contributed by atoms with Crippen molar-refractivity contribution in [1.29, 1.82) is 0 Å². The maximum atomic E-state index is 12.3. The number of carbonyl (C=O) groups excluding carboxylic acids is 1. The molecule has 0 unspecified atom stereocenters. The van der Waals surface area contributed by atoms with Crippen molar-refractivity contribution in [3.63, 3.8) is 0 Å². The van der Waals surface area contributed by atoms with Gasteiger partial charge in [0.15, 0.2) is 18.1 Å². The van der Waals surface area contributed by atoms with Crippen molar-refractivity contribution in [3.8, 4) is 23.0 Å². The van der Waals surface area contributed by atoms with Gasteiger partial charge in [0.1, 0.15) is 11.5 Å². The standard InChI is InChI=1S/C19H20N2O6/c1-5-24-15-7-6-13(9-16(15)23-4)19(22)25-10-17-20-21-18(27-17)14-8-11(2)26-12(14)3/h6-9H,5,10H2,1-4H3. The third-order valence-corrected chi connectivity index (χ3v) is 3.76. The fourth-order valence-corrected chi connectivity index (χ4v) is 2.54. The predicted molar refractivity (Wildman–Crippen MR) is 94.8 cm³/mol. The van der Waals surface area contributed by atoms with Crippen LogP contribution in [-0.2, 0) is 11.3 Å². The molecule has 0 radical (unpaired) electrons. The van der Waals surface area contributed by atoms with Crippen LogP contribution in [0.2, 0.25) is 0 Å². The molecule has 8 heteroatoms. The molecule has 1 aromatic carbocycles. The number of hydrogen-bond donors (Lipinski definition) is 0. The Labute approximate surface area is 156 Å². The van der Waals surface area contributed by atoms with Crippen LogP contribution in [0.4, 0.5) is 0 Å². The molecule has 2 aromatic heterocycles. The van der Waals surface area contributed by atoms with Gasteiger partial charge >= 0.3 is 5.97 Å². The molecule has 0 aliphatic rings. The molecule has 0 aliphatic heterocycles. The van der Waals surface area contributed by atoms with E-state index < -0.39 is 5.97 Å². The number of benzene rings is 1. The summed E-state index contributed by atoms with van der Waals surface area (Å²) in [6.45, 7) is 5.87. The highest BCUT2D eigenvalue weighted by Crippen LogP contribution is 2.29. The normalized spacial score (nSPS) is 10.7. The van der Waals surface area contributed by atoms with Gasteiger partial charge in [-0.3, -0.25) is 0 Å². The summed E-state index contributed by atoms with van der Waals surface area (Å²) >= 11 is 0. The van der Waals surface area contributed by atoms with E-state index in [2.05, 4.69) is 10.2 Å². The highest BCUT2D eigenvalue weighted by atomic mass is 16.5. The van der Waals surface area contributed by atoms with Crippen LogP contribution in [0.15, 0.2) is 33.1 Å². The molecule has 0 N–H and O–H groups in total. The largest absolute Gasteiger partial charge is 0.493 e. The second-order valence-electron chi connectivity index (χ2n) is 5.70. The summed E-state index contributed by atoms with van der Waals surface area (Å²) in [6, 6.07) is 6.63. The monoisotopic (exact) mass is 372 g/mol. The van der Waals surface area contributed by atoms with Gasteiger partial charge in [0.25, 0.3) is 11.8 Å². The maximum absolute atomic E-state index is 12.3. The molecule has 0 aliphatic carbocycles. The van der Waals surface area contributed by atoms with Crippen molar-refractivity contribution in [2.45, 2.75) is 27.4 Å². The molecule has 0 bridgehead atoms. The highest BCUT2D eigenvalue weighted by molar-refractivity contribution is 5.90. The SMILES string of the molecule is CCOc1ccc(C(=O)OCc2nnc(-c3cc(C)oc3C)o2)cc1OC. The zero-order valence-corrected chi connectivity index (χ0v) is 15.6. The lowest BCUT2D eigenvalue weighted by atomic mass is 10.2. The van der Waals surface area contributed by atoms with Crippen LogP contribution in [0.1, 0.15) is 34.7 Å². The van der Waals surface area contributed by atoms with Gasteiger partial charge in [-0.1, -0.05) is 0 Å². The second kappa shape index (κ2) is 7.94. The molecule has 142 valence electrons. The number of esters is 1. The Bertz CT molecular complexity index is 944. The summed E-state index contributed by atoms with van der Waals surface area (Å²) in [7, 11) is 1.51. The lowest BCUT2D eigenvalue weighted by Gasteiger charge is -2.10. The first kappa shape index (κ1) is 18.5. The van der Waals surface area contributed by atoms with Gasteiger partial charge in [-0.2, -0.15) is 0 Å². The Morgan fingerprint density at radius 1 is 1.11 bits per heavy atom. The van der Waals surface area contributed by atoms with Gasteiger partial charge in [-0.15, -0.1) is 10.2 Å².